The first-order valence-electron chi connectivity index (χ1n) is 4.69. The molecular formula is C12H6BrFN2O. The summed E-state index contributed by atoms with van der Waals surface area (Å²) in [6.07, 6.45) is 1.51. The number of nitrogens with zero attached hydrogens (tertiary/aromatic N) is 2. The predicted octanol–water partition coefficient (Wildman–Crippen LogP) is 3.65. The largest absolute Gasteiger partial charge is 0.438 e. The normalized spacial score (nSPS) is 9.71. The first-order valence-corrected chi connectivity index (χ1v) is 5.48. The minimum absolute atomic E-state index is 0.164. The number of benzene rings is 1. The van der Waals surface area contributed by atoms with Gasteiger partial charge in [0.25, 0.3) is 0 Å². The Morgan fingerprint density at radius 1 is 1.35 bits per heavy atom. The Hall–Kier alpha value is -1.93. The summed E-state index contributed by atoms with van der Waals surface area (Å²) >= 11 is 3.04. The van der Waals surface area contributed by atoms with Gasteiger partial charge in [-0.3, -0.25) is 0 Å². The summed E-state index contributed by atoms with van der Waals surface area (Å²) in [7, 11) is 0. The number of hydrogen-bond acceptors (Lipinski definition) is 3. The Balaban J connectivity index is 2.32. The third-order valence-corrected chi connectivity index (χ3v) is 2.64. The molecule has 0 unspecified atom stereocenters. The summed E-state index contributed by atoms with van der Waals surface area (Å²) < 4.78 is 18.9. The van der Waals surface area contributed by atoms with Crippen LogP contribution in [0.15, 0.2) is 41.0 Å². The molecule has 1 aromatic carbocycles. The molecule has 0 saturated heterocycles. The number of aromatic nitrogens is 1. The molecular weight excluding hydrogens is 287 g/mol. The van der Waals surface area contributed by atoms with Gasteiger partial charge in [-0.25, -0.2) is 9.37 Å². The molecule has 0 bridgehead atoms. The predicted molar refractivity (Wildman–Crippen MR) is 63.1 cm³/mol. The van der Waals surface area contributed by atoms with E-state index in [1.165, 1.54) is 18.3 Å². The van der Waals surface area contributed by atoms with Crippen LogP contribution >= 0.6 is 15.9 Å². The molecule has 0 aliphatic carbocycles. The highest BCUT2D eigenvalue weighted by molar-refractivity contribution is 9.10. The molecule has 0 N–H and O–H groups in total. The lowest BCUT2D eigenvalue weighted by Gasteiger charge is -2.06. The van der Waals surface area contributed by atoms with Crippen LogP contribution in [0, 0.1) is 17.1 Å². The molecule has 2 rings (SSSR count). The lowest BCUT2D eigenvalue weighted by atomic mass is 10.3. The highest BCUT2D eigenvalue weighted by Crippen LogP contribution is 2.26. The Morgan fingerprint density at radius 3 is 2.88 bits per heavy atom. The van der Waals surface area contributed by atoms with Crippen LogP contribution in [0.5, 0.6) is 11.6 Å². The van der Waals surface area contributed by atoms with Gasteiger partial charge in [0.2, 0.25) is 5.88 Å². The van der Waals surface area contributed by atoms with Crippen molar-refractivity contribution < 1.29 is 9.13 Å². The van der Waals surface area contributed by atoms with Crippen LogP contribution in [0.25, 0.3) is 0 Å². The molecule has 0 aliphatic heterocycles. The van der Waals surface area contributed by atoms with Crippen LogP contribution < -0.4 is 4.74 Å². The molecule has 0 aliphatic rings. The number of rotatable bonds is 2. The molecule has 0 spiro atoms. The Kier molecular flexibility index (Phi) is 3.35. The lowest BCUT2D eigenvalue weighted by Crippen LogP contribution is -1.91. The average molecular weight is 293 g/mol. The van der Waals surface area contributed by atoms with Crippen molar-refractivity contribution in [3.05, 3.63) is 52.4 Å². The lowest BCUT2D eigenvalue weighted by molar-refractivity contribution is 0.456. The van der Waals surface area contributed by atoms with Crippen LogP contribution in [0.1, 0.15) is 5.56 Å². The second-order valence-electron chi connectivity index (χ2n) is 3.15. The molecule has 1 heterocycles. The Bertz CT molecular complexity index is 595. The summed E-state index contributed by atoms with van der Waals surface area (Å²) in [5.74, 6) is 0.0227. The standard InChI is InChI=1S/C12H6BrFN2O/c13-10-4-3-9(6-11(10)14)17-12-8(7-15)2-1-5-16-12/h1-6H. The van der Waals surface area contributed by atoms with E-state index in [0.29, 0.717) is 15.8 Å². The fraction of sp³-hybridized carbons (Fsp3) is 0. The highest BCUT2D eigenvalue weighted by atomic mass is 79.9. The van der Waals surface area contributed by atoms with Crippen molar-refractivity contribution in [3.63, 3.8) is 0 Å². The van der Waals surface area contributed by atoms with Gasteiger partial charge >= 0.3 is 0 Å². The third-order valence-electron chi connectivity index (χ3n) is 2.00. The second-order valence-corrected chi connectivity index (χ2v) is 4.00. The molecule has 17 heavy (non-hydrogen) atoms. The molecule has 3 nitrogen and oxygen atoms in total. The molecule has 0 radical (unpaired) electrons. The fourth-order valence-corrected chi connectivity index (χ4v) is 1.46. The molecule has 0 saturated carbocycles. The van der Waals surface area contributed by atoms with Gasteiger partial charge in [0.1, 0.15) is 23.2 Å². The van der Waals surface area contributed by atoms with Crippen LogP contribution in [0.3, 0.4) is 0 Å². The van der Waals surface area contributed by atoms with Gasteiger partial charge < -0.3 is 4.74 Å². The fourth-order valence-electron chi connectivity index (χ4n) is 1.21. The van der Waals surface area contributed by atoms with Crippen LogP contribution in [-0.4, -0.2) is 4.98 Å². The quantitative estimate of drug-likeness (QED) is 0.849. The monoisotopic (exact) mass is 292 g/mol. The van der Waals surface area contributed by atoms with Crippen molar-refractivity contribution in [2.24, 2.45) is 0 Å². The van der Waals surface area contributed by atoms with E-state index in [4.69, 9.17) is 10.00 Å². The first kappa shape index (κ1) is 11.6. The van der Waals surface area contributed by atoms with Gasteiger partial charge in [0.15, 0.2) is 0 Å². The minimum atomic E-state index is -0.433. The van der Waals surface area contributed by atoms with Crippen LogP contribution in [-0.2, 0) is 0 Å². The SMILES string of the molecule is N#Cc1cccnc1Oc1ccc(Br)c(F)c1. The zero-order valence-corrected chi connectivity index (χ0v) is 10.1. The number of ether oxygens (including phenoxy) is 1. The Morgan fingerprint density at radius 2 is 2.18 bits per heavy atom. The number of nitriles is 1. The van der Waals surface area contributed by atoms with Gasteiger partial charge in [-0.2, -0.15) is 5.26 Å². The van der Waals surface area contributed by atoms with E-state index in [1.807, 2.05) is 6.07 Å². The van der Waals surface area contributed by atoms with Gasteiger partial charge in [-0.05, 0) is 40.2 Å². The van der Waals surface area contributed by atoms with Gasteiger partial charge in [-0.15, -0.1) is 0 Å². The molecule has 84 valence electrons. The maximum Gasteiger partial charge on any atom is 0.237 e. The second kappa shape index (κ2) is 4.93. The molecule has 0 amide bonds. The average Bonchev–Trinajstić information content (AvgIpc) is 2.34. The Labute approximate surface area is 106 Å². The van der Waals surface area contributed by atoms with E-state index in [1.54, 1.807) is 18.2 Å². The number of hydrogen-bond donors (Lipinski definition) is 0. The van der Waals surface area contributed by atoms with Crippen molar-refractivity contribution >= 4 is 15.9 Å². The van der Waals surface area contributed by atoms with Crippen LogP contribution in [0.2, 0.25) is 0 Å². The molecule has 2 aromatic rings. The maximum absolute atomic E-state index is 13.3. The summed E-state index contributed by atoms with van der Waals surface area (Å²) in [4.78, 5) is 3.92. The highest BCUT2D eigenvalue weighted by Gasteiger charge is 2.07. The summed E-state index contributed by atoms with van der Waals surface area (Å²) in [5, 5.41) is 8.84. The topological polar surface area (TPSA) is 45.9 Å². The summed E-state index contributed by atoms with van der Waals surface area (Å²) in [6, 6.07) is 9.50. The molecule has 0 atom stereocenters. The number of pyridine rings is 1. The van der Waals surface area contributed by atoms with E-state index in [0.717, 1.165) is 0 Å². The summed E-state index contributed by atoms with van der Waals surface area (Å²) in [5.41, 5.74) is 0.302. The van der Waals surface area contributed by atoms with E-state index in [-0.39, 0.29) is 5.88 Å². The smallest absolute Gasteiger partial charge is 0.237 e. The van der Waals surface area contributed by atoms with Gasteiger partial charge in [0.05, 0.1) is 4.47 Å². The molecule has 0 fully saturated rings. The van der Waals surface area contributed by atoms with Crippen LogP contribution in [0.4, 0.5) is 4.39 Å². The van der Waals surface area contributed by atoms with Crippen molar-refractivity contribution in [1.29, 1.82) is 5.26 Å². The van der Waals surface area contributed by atoms with E-state index in [9.17, 15) is 4.39 Å². The minimum Gasteiger partial charge on any atom is -0.438 e. The van der Waals surface area contributed by atoms with Crippen molar-refractivity contribution in [3.8, 4) is 17.7 Å². The van der Waals surface area contributed by atoms with Gasteiger partial charge in [0, 0.05) is 12.3 Å². The first-order chi connectivity index (χ1) is 8.20. The van der Waals surface area contributed by atoms with Crippen molar-refractivity contribution in [1.82, 2.24) is 4.98 Å². The van der Waals surface area contributed by atoms with Crippen molar-refractivity contribution in [2.75, 3.05) is 0 Å². The maximum atomic E-state index is 13.3. The zero-order chi connectivity index (χ0) is 12.3. The van der Waals surface area contributed by atoms with Crippen molar-refractivity contribution in [2.45, 2.75) is 0 Å². The third kappa shape index (κ3) is 2.60. The van der Waals surface area contributed by atoms with Gasteiger partial charge in [-0.1, -0.05) is 0 Å². The number of halogens is 2. The summed E-state index contributed by atoms with van der Waals surface area (Å²) in [6.45, 7) is 0. The van der Waals surface area contributed by atoms with E-state index >= 15 is 0 Å². The zero-order valence-electron chi connectivity index (χ0n) is 8.52. The molecule has 1 aromatic heterocycles. The van der Waals surface area contributed by atoms with E-state index in [2.05, 4.69) is 20.9 Å². The molecule has 5 heteroatoms. The van der Waals surface area contributed by atoms with E-state index < -0.39 is 5.82 Å².